The first-order valence-electron chi connectivity index (χ1n) is 8.09. The number of hydrogen-bond acceptors (Lipinski definition) is 6. The van der Waals surface area contributed by atoms with E-state index in [1.165, 1.54) is 42.7 Å². The lowest BCUT2D eigenvalue weighted by Gasteiger charge is -2.16. The maximum absolute atomic E-state index is 13.8. The molecule has 0 aliphatic rings. The van der Waals surface area contributed by atoms with Crippen LogP contribution < -0.4 is 4.74 Å². The van der Waals surface area contributed by atoms with E-state index in [4.69, 9.17) is 9.26 Å². The van der Waals surface area contributed by atoms with Crippen LogP contribution in [0.2, 0.25) is 0 Å². The van der Waals surface area contributed by atoms with Crippen LogP contribution >= 0.6 is 0 Å². The molecule has 0 N–H and O–H groups in total. The topological polar surface area (TPSA) is 85.5 Å². The van der Waals surface area contributed by atoms with Gasteiger partial charge in [-0.25, -0.2) is 17.1 Å². The quantitative estimate of drug-likeness (QED) is 0.616. The van der Waals surface area contributed by atoms with Crippen LogP contribution in [0.3, 0.4) is 0 Å². The molecule has 0 aliphatic heterocycles. The van der Waals surface area contributed by atoms with Gasteiger partial charge in [-0.3, -0.25) is 0 Å². The van der Waals surface area contributed by atoms with Crippen molar-refractivity contribution in [3.05, 3.63) is 60.2 Å². The molecule has 0 aliphatic carbocycles. The van der Waals surface area contributed by atoms with E-state index in [9.17, 15) is 12.8 Å². The Labute approximate surface area is 156 Å². The summed E-state index contributed by atoms with van der Waals surface area (Å²) in [4.78, 5) is 4.29. The summed E-state index contributed by atoms with van der Waals surface area (Å²) in [5.74, 6) is 0.463. The third-order valence-corrected chi connectivity index (χ3v) is 5.86. The van der Waals surface area contributed by atoms with Crippen LogP contribution in [0.4, 0.5) is 4.39 Å². The minimum Gasteiger partial charge on any atom is -0.497 e. The van der Waals surface area contributed by atoms with Crippen molar-refractivity contribution in [1.82, 2.24) is 14.4 Å². The number of rotatable bonds is 7. The maximum atomic E-state index is 13.8. The van der Waals surface area contributed by atoms with Crippen molar-refractivity contribution in [3.63, 3.8) is 0 Å². The van der Waals surface area contributed by atoms with Crippen LogP contribution in [0.15, 0.2) is 57.9 Å². The Morgan fingerprint density at radius 1 is 1.15 bits per heavy atom. The largest absolute Gasteiger partial charge is 0.497 e. The second-order valence-corrected chi connectivity index (χ2v) is 7.79. The van der Waals surface area contributed by atoms with E-state index in [0.29, 0.717) is 11.6 Å². The van der Waals surface area contributed by atoms with Gasteiger partial charge in [0, 0.05) is 20.0 Å². The number of hydrogen-bond donors (Lipinski definition) is 0. The van der Waals surface area contributed by atoms with E-state index in [2.05, 4.69) is 10.1 Å². The number of ether oxygens (including phenoxy) is 1. The summed E-state index contributed by atoms with van der Waals surface area (Å²) >= 11 is 0. The third kappa shape index (κ3) is 4.15. The Balaban J connectivity index is 1.68. The molecule has 2 aromatic carbocycles. The molecule has 1 aromatic heterocycles. The number of likely N-dealkylation sites (N-methyl/N-ethyl adjacent to an activating group) is 1. The molecule has 27 heavy (non-hydrogen) atoms. The molecule has 0 saturated carbocycles. The van der Waals surface area contributed by atoms with Gasteiger partial charge in [0.15, 0.2) is 5.82 Å². The Morgan fingerprint density at radius 3 is 2.52 bits per heavy atom. The minimum absolute atomic E-state index is 0.0590. The van der Waals surface area contributed by atoms with Crippen LogP contribution in [0.25, 0.3) is 11.5 Å². The average Bonchev–Trinajstić information content (AvgIpc) is 3.15. The minimum atomic E-state index is -3.65. The molecule has 1 heterocycles. The fourth-order valence-electron chi connectivity index (χ4n) is 2.40. The fourth-order valence-corrected chi connectivity index (χ4v) is 3.58. The Bertz CT molecular complexity index is 1020. The number of nitrogens with zero attached hydrogens (tertiary/aromatic N) is 3. The molecule has 0 atom stereocenters. The van der Waals surface area contributed by atoms with Gasteiger partial charge in [0.25, 0.3) is 5.89 Å². The van der Waals surface area contributed by atoms with Crippen molar-refractivity contribution in [1.29, 1.82) is 0 Å². The van der Waals surface area contributed by atoms with Crippen LogP contribution in [-0.4, -0.2) is 43.6 Å². The summed E-state index contributed by atoms with van der Waals surface area (Å²) in [6, 6.07) is 12.2. The molecule has 3 rings (SSSR count). The normalized spacial score (nSPS) is 11.7. The first-order valence-corrected chi connectivity index (χ1v) is 9.53. The summed E-state index contributed by atoms with van der Waals surface area (Å²) in [6.07, 6.45) is 0.226. The van der Waals surface area contributed by atoms with Crippen molar-refractivity contribution < 1.29 is 22.1 Å². The molecule has 9 heteroatoms. The summed E-state index contributed by atoms with van der Waals surface area (Å²) in [7, 11) is -0.675. The first kappa shape index (κ1) is 19.0. The van der Waals surface area contributed by atoms with Gasteiger partial charge in [0.2, 0.25) is 10.0 Å². The van der Waals surface area contributed by atoms with Gasteiger partial charge in [-0.2, -0.15) is 4.98 Å². The van der Waals surface area contributed by atoms with E-state index < -0.39 is 15.8 Å². The highest BCUT2D eigenvalue weighted by molar-refractivity contribution is 7.89. The number of benzene rings is 2. The fraction of sp³-hybridized carbons (Fsp3) is 0.222. The molecule has 0 spiro atoms. The van der Waals surface area contributed by atoms with Crippen molar-refractivity contribution in [2.45, 2.75) is 11.3 Å². The predicted octanol–water partition coefficient (Wildman–Crippen LogP) is 2.75. The highest BCUT2D eigenvalue weighted by Crippen LogP contribution is 2.21. The zero-order valence-corrected chi connectivity index (χ0v) is 15.6. The molecule has 3 aromatic rings. The smallest absolute Gasteiger partial charge is 0.260 e. The molecule has 0 radical (unpaired) electrons. The average molecular weight is 391 g/mol. The second kappa shape index (κ2) is 7.85. The molecular formula is C18H18FN3O4S. The molecule has 142 valence electrons. The van der Waals surface area contributed by atoms with Gasteiger partial charge >= 0.3 is 0 Å². The summed E-state index contributed by atoms with van der Waals surface area (Å²) < 4.78 is 50.3. The summed E-state index contributed by atoms with van der Waals surface area (Å²) in [5, 5.41) is 3.79. The van der Waals surface area contributed by atoms with Gasteiger partial charge in [0.1, 0.15) is 11.6 Å². The first-order chi connectivity index (χ1) is 12.9. The highest BCUT2D eigenvalue weighted by atomic mass is 32.2. The molecule has 0 unspecified atom stereocenters. The lowest BCUT2D eigenvalue weighted by Crippen LogP contribution is -2.29. The van der Waals surface area contributed by atoms with E-state index in [-0.39, 0.29) is 29.3 Å². The van der Waals surface area contributed by atoms with Gasteiger partial charge in [-0.1, -0.05) is 17.3 Å². The number of methoxy groups -OCH3 is 1. The number of sulfonamides is 1. The number of halogens is 1. The van der Waals surface area contributed by atoms with E-state index in [1.54, 1.807) is 24.3 Å². The van der Waals surface area contributed by atoms with E-state index >= 15 is 0 Å². The van der Waals surface area contributed by atoms with Crippen molar-refractivity contribution in [3.8, 4) is 17.2 Å². The molecule has 0 amide bonds. The van der Waals surface area contributed by atoms with Gasteiger partial charge in [-0.15, -0.1) is 0 Å². The van der Waals surface area contributed by atoms with Gasteiger partial charge < -0.3 is 9.26 Å². The summed E-state index contributed by atoms with van der Waals surface area (Å²) in [5.41, 5.74) is 0.204. The summed E-state index contributed by atoms with van der Waals surface area (Å²) in [6.45, 7) is 0.143. The molecule has 7 nitrogen and oxygen atoms in total. The van der Waals surface area contributed by atoms with Crippen LogP contribution in [0.1, 0.15) is 5.82 Å². The molecular weight excluding hydrogens is 373 g/mol. The van der Waals surface area contributed by atoms with Crippen molar-refractivity contribution >= 4 is 10.0 Å². The zero-order valence-electron chi connectivity index (χ0n) is 14.8. The Hall–Kier alpha value is -2.78. The SMILES string of the molecule is COc1ccc(S(=O)(=O)N(C)CCc2noc(-c3ccccc3F)n2)cc1. The lowest BCUT2D eigenvalue weighted by molar-refractivity contribution is 0.412. The monoisotopic (exact) mass is 391 g/mol. The lowest BCUT2D eigenvalue weighted by atomic mass is 10.2. The third-order valence-electron chi connectivity index (χ3n) is 3.99. The Kier molecular flexibility index (Phi) is 5.52. The van der Waals surface area contributed by atoms with E-state index in [1.807, 2.05) is 0 Å². The zero-order chi connectivity index (χ0) is 19.4. The Morgan fingerprint density at radius 2 is 1.85 bits per heavy atom. The second-order valence-electron chi connectivity index (χ2n) is 5.75. The van der Waals surface area contributed by atoms with Crippen molar-refractivity contribution in [2.75, 3.05) is 20.7 Å². The molecule has 0 fully saturated rings. The van der Waals surface area contributed by atoms with Gasteiger partial charge in [-0.05, 0) is 36.4 Å². The van der Waals surface area contributed by atoms with Gasteiger partial charge in [0.05, 0.1) is 17.6 Å². The van der Waals surface area contributed by atoms with Crippen LogP contribution in [0, 0.1) is 5.82 Å². The maximum Gasteiger partial charge on any atom is 0.260 e. The molecule has 0 bridgehead atoms. The van der Waals surface area contributed by atoms with Crippen molar-refractivity contribution in [2.24, 2.45) is 0 Å². The van der Waals surface area contributed by atoms with Crippen LogP contribution in [0.5, 0.6) is 5.75 Å². The van der Waals surface area contributed by atoms with Crippen LogP contribution in [-0.2, 0) is 16.4 Å². The van der Waals surface area contributed by atoms with E-state index in [0.717, 1.165) is 0 Å². The number of aromatic nitrogens is 2. The molecule has 0 saturated heterocycles. The highest BCUT2D eigenvalue weighted by Gasteiger charge is 2.21. The predicted molar refractivity (Wildman–Crippen MR) is 96.2 cm³/mol. The standard InChI is InChI=1S/C18H18FN3O4S/c1-22(27(23,24)14-9-7-13(25-2)8-10-14)12-11-17-20-18(26-21-17)15-5-3-4-6-16(15)19/h3-10H,11-12H2,1-2H3.